The Morgan fingerprint density at radius 1 is 1.33 bits per heavy atom. The lowest BCUT2D eigenvalue weighted by molar-refractivity contribution is 0.0344. The first-order chi connectivity index (χ1) is 9.81. The third-order valence-corrected chi connectivity index (χ3v) is 4.28. The second-order valence-electron chi connectivity index (χ2n) is 5.95. The molecule has 114 valence electrons. The molecule has 1 aliphatic rings. The van der Waals surface area contributed by atoms with E-state index in [-0.39, 0.29) is 10.3 Å². The first-order valence-corrected chi connectivity index (χ1v) is 7.69. The summed E-state index contributed by atoms with van der Waals surface area (Å²) in [5.41, 5.74) is 0.103. The molecule has 2 rings (SSSR count). The summed E-state index contributed by atoms with van der Waals surface area (Å²) in [7, 11) is 0. The lowest BCUT2D eigenvalue weighted by Gasteiger charge is -2.38. The van der Waals surface area contributed by atoms with Gasteiger partial charge in [-0.1, -0.05) is 0 Å². The van der Waals surface area contributed by atoms with E-state index in [0.717, 1.165) is 13.1 Å². The predicted molar refractivity (Wildman–Crippen MR) is 83.8 cm³/mol. The maximum atomic E-state index is 14.3. The van der Waals surface area contributed by atoms with E-state index in [1.54, 1.807) is 26.0 Å². The minimum Gasteiger partial charge on any atom is -0.389 e. The van der Waals surface area contributed by atoms with Crippen LogP contribution in [0.3, 0.4) is 0 Å². The van der Waals surface area contributed by atoms with E-state index < -0.39 is 5.60 Å². The maximum absolute atomic E-state index is 14.3. The smallest absolute Gasteiger partial charge is 0.161 e. The largest absolute Gasteiger partial charge is 0.389 e. The predicted octanol–water partition coefficient (Wildman–Crippen LogP) is 2.35. The standard InChI is InChI=1S/C15H19BrFN3O/c1-15(2,21)10-19-5-7-20(8-6-19)12-4-3-11(9-18)13(16)14(12)17/h3-4,21H,5-8,10H2,1-2H3. The summed E-state index contributed by atoms with van der Waals surface area (Å²) in [4.78, 5) is 4.15. The van der Waals surface area contributed by atoms with Gasteiger partial charge < -0.3 is 10.0 Å². The molecule has 6 heteroatoms. The Morgan fingerprint density at radius 2 is 1.95 bits per heavy atom. The Bertz CT molecular complexity index is 557. The van der Waals surface area contributed by atoms with E-state index in [2.05, 4.69) is 20.8 Å². The molecule has 0 radical (unpaired) electrons. The molecule has 1 heterocycles. The zero-order valence-corrected chi connectivity index (χ0v) is 13.8. The van der Waals surface area contributed by atoms with Gasteiger partial charge in [-0.3, -0.25) is 4.90 Å². The van der Waals surface area contributed by atoms with Crippen LogP contribution in [0.2, 0.25) is 0 Å². The fourth-order valence-corrected chi connectivity index (χ4v) is 2.99. The number of hydrogen-bond acceptors (Lipinski definition) is 4. The van der Waals surface area contributed by atoms with Gasteiger partial charge in [-0.2, -0.15) is 5.26 Å². The number of anilines is 1. The van der Waals surface area contributed by atoms with Gasteiger partial charge in [-0.25, -0.2) is 4.39 Å². The van der Waals surface area contributed by atoms with Gasteiger partial charge in [0.05, 0.1) is 21.3 Å². The third-order valence-electron chi connectivity index (χ3n) is 3.51. The van der Waals surface area contributed by atoms with Crippen molar-refractivity contribution >= 4 is 21.6 Å². The van der Waals surface area contributed by atoms with Crippen LogP contribution >= 0.6 is 15.9 Å². The number of benzene rings is 1. The second kappa shape index (κ2) is 6.30. The van der Waals surface area contributed by atoms with E-state index in [4.69, 9.17) is 5.26 Å². The molecule has 1 N–H and O–H groups in total. The molecular formula is C15H19BrFN3O. The van der Waals surface area contributed by atoms with E-state index in [0.29, 0.717) is 30.9 Å². The minimum absolute atomic E-state index is 0.224. The molecule has 21 heavy (non-hydrogen) atoms. The number of rotatable bonds is 3. The summed E-state index contributed by atoms with van der Waals surface area (Å²) in [6, 6.07) is 5.25. The SMILES string of the molecule is CC(C)(O)CN1CCN(c2ccc(C#N)c(Br)c2F)CC1. The number of nitrogens with zero attached hydrogens (tertiary/aromatic N) is 3. The van der Waals surface area contributed by atoms with Gasteiger partial charge in [-0.05, 0) is 41.9 Å². The molecule has 0 aromatic heterocycles. The molecule has 1 fully saturated rings. The average Bonchev–Trinajstić information content (AvgIpc) is 2.41. The number of nitriles is 1. The van der Waals surface area contributed by atoms with Crippen LogP contribution in [0.4, 0.5) is 10.1 Å². The van der Waals surface area contributed by atoms with Gasteiger partial charge in [0.15, 0.2) is 5.82 Å². The molecule has 1 aromatic carbocycles. The van der Waals surface area contributed by atoms with Crippen molar-refractivity contribution < 1.29 is 9.50 Å². The van der Waals surface area contributed by atoms with Gasteiger partial charge >= 0.3 is 0 Å². The highest BCUT2D eigenvalue weighted by molar-refractivity contribution is 9.10. The zero-order chi connectivity index (χ0) is 15.6. The molecule has 0 aliphatic carbocycles. The van der Waals surface area contributed by atoms with Gasteiger partial charge in [0.25, 0.3) is 0 Å². The molecule has 0 saturated carbocycles. The molecule has 0 amide bonds. The highest BCUT2D eigenvalue weighted by atomic mass is 79.9. The Morgan fingerprint density at radius 3 is 2.48 bits per heavy atom. The monoisotopic (exact) mass is 355 g/mol. The summed E-state index contributed by atoms with van der Waals surface area (Å²) in [6.45, 7) is 7.15. The topological polar surface area (TPSA) is 50.5 Å². The number of β-amino-alcohol motifs (C(OH)–C–C–N with tert-alkyl or cyclic N) is 1. The molecule has 0 bridgehead atoms. The lowest BCUT2D eigenvalue weighted by Crippen LogP contribution is -2.50. The Labute approximate surface area is 132 Å². The molecule has 4 nitrogen and oxygen atoms in total. The number of halogens is 2. The van der Waals surface area contributed by atoms with Gasteiger partial charge in [0, 0.05) is 32.7 Å². The van der Waals surface area contributed by atoms with Crippen molar-refractivity contribution in [3.8, 4) is 6.07 Å². The second-order valence-corrected chi connectivity index (χ2v) is 6.74. The van der Waals surface area contributed by atoms with Gasteiger partial charge in [-0.15, -0.1) is 0 Å². The normalized spacial score (nSPS) is 16.9. The van der Waals surface area contributed by atoms with E-state index >= 15 is 0 Å². The molecule has 0 atom stereocenters. The number of aliphatic hydroxyl groups is 1. The molecule has 0 unspecified atom stereocenters. The van der Waals surface area contributed by atoms with Crippen LogP contribution in [-0.2, 0) is 0 Å². The van der Waals surface area contributed by atoms with Crippen molar-refractivity contribution in [2.45, 2.75) is 19.4 Å². The summed E-state index contributed by atoms with van der Waals surface area (Å²) in [6.07, 6.45) is 0. The molecule has 1 saturated heterocycles. The van der Waals surface area contributed by atoms with Crippen molar-refractivity contribution in [1.29, 1.82) is 5.26 Å². The van der Waals surface area contributed by atoms with E-state index in [9.17, 15) is 9.50 Å². The van der Waals surface area contributed by atoms with Crippen molar-refractivity contribution in [3.63, 3.8) is 0 Å². The summed E-state index contributed by atoms with van der Waals surface area (Å²) >= 11 is 3.14. The van der Waals surface area contributed by atoms with Crippen LogP contribution in [0.25, 0.3) is 0 Å². The van der Waals surface area contributed by atoms with Gasteiger partial charge in [0.1, 0.15) is 6.07 Å². The summed E-state index contributed by atoms with van der Waals surface area (Å²) in [5, 5.41) is 18.7. The average molecular weight is 356 g/mol. The first-order valence-electron chi connectivity index (χ1n) is 6.89. The van der Waals surface area contributed by atoms with E-state index in [1.807, 2.05) is 11.0 Å². The molecule has 0 spiro atoms. The van der Waals surface area contributed by atoms with Crippen LogP contribution in [0.5, 0.6) is 0 Å². The van der Waals surface area contributed by atoms with Crippen LogP contribution in [0.1, 0.15) is 19.4 Å². The fourth-order valence-electron chi connectivity index (χ4n) is 2.56. The lowest BCUT2D eigenvalue weighted by atomic mass is 10.1. The van der Waals surface area contributed by atoms with Crippen molar-refractivity contribution in [1.82, 2.24) is 4.90 Å². The first kappa shape index (κ1) is 16.2. The minimum atomic E-state index is -0.717. The number of piperazine rings is 1. The highest BCUT2D eigenvalue weighted by Gasteiger charge is 2.24. The van der Waals surface area contributed by atoms with Crippen molar-refractivity contribution in [2.24, 2.45) is 0 Å². The maximum Gasteiger partial charge on any atom is 0.161 e. The summed E-state index contributed by atoms with van der Waals surface area (Å²) < 4.78 is 14.5. The van der Waals surface area contributed by atoms with Crippen LogP contribution < -0.4 is 4.90 Å². The Kier molecular flexibility index (Phi) is 4.87. The van der Waals surface area contributed by atoms with Crippen molar-refractivity contribution in [3.05, 3.63) is 28.0 Å². The Hall–Kier alpha value is -1.16. The van der Waals surface area contributed by atoms with Crippen LogP contribution in [-0.4, -0.2) is 48.3 Å². The van der Waals surface area contributed by atoms with Crippen LogP contribution in [0, 0.1) is 17.1 Å². The van der Waals surface area contributed by atoms with E-state index in [1.165, 1.54) is 0 Å². The number of hydrogen-bond donors (Lipinski definition) is 1. The third kappa shape index (κ3) is 3.94. The Balaban J connectivity index is 2.06. The zero-order valence-electron chi connectivity index (χ0n) is 12.2. The fraction of sp³-hybridized carbons (Fsp3) is 0.533. The van der Waals surface area contributed by atoms with Crippen molar-refractivity contribution in [2.75, 3.05) is 37.6 Å². The van der Waals surface area contributed by atoms with Gasteiger partial charge in [0.2, 0.25) is 0 Å². The quantitative estimate of drug-likeness (QED) is 0.904. The molecule has 1 aromatic rings. The highest BCUT2D eigenvalue weighted by Crippen LogP contribution is 2.29. The van der Waals surface area contributed by atoms with Crippen LogP contribution in [0.15, 0.2) is 16.6 Å². The molecular weight excluding hydrogens is 337 g/mol. The summed E-state index contributed by atoms with van der Waals surface area (Å²) in [5.74, 6) is -0.384. The molecule has 1 aliphatic heterocycles.